The van der Waals surface area contributed by atoms with Crippen molar-refractivity contribution in [2.24, 2.45) is 0 Å². The van der Waals surface area contributed by atoms with Gasteiger partial charge in [0.05, 0.1) is 6.10 Å². The Hall–Kier alpha value is -1.10. The summed E-state index contributed by atoms with van der Waals surface area (Å²) in [6.07, 6.45) is 1.43. The van der Waals surface area contributed by atoms with E-state index in [0.29, 0.717) is 22.7 Å². The van der Waals surface area contributed by atoms with Crippen LogP contribution in [0, 0.1) is 0 Å². The number of aliphatic hydroxyl groups excluding tert-OH is 1. The van der Waals surface area contributed by atoms with E-state index in [9.17, 15) is 5.11 Å². The van der Waals surface area contributed by atoms with E-state index >= 15 is 0 Å². The molecule has 0 bridgehead atoms. The van der Waals surface area contributed by atoms with Gasteiger partial charge in [0.25, 0.3) is 0 Å². The first-order chi connectivity index (χ1) is 8.56. The van der Waals surface area contributed by atoms with Crippen molar-refractivity contribution in [3.8, 4) is 0 Å². The summed E-state index contributed by atoms with van der Waals surface area (Å²) >= 11 is 9.14. The van der Waals surface area contributed by atoms with Crippen LogP contribution in [0.25, 0.3) is 0 Å². The monoisotopic (exact) mass is 326 g/mol. The zero-order valence-corrected chi connectivity index (χ0v) is 11.8. The van der Waals surface area contributed by atoms with Crippen LogP contribution in [0.3, 0.4) is 0 Å². The minimum Gasteiger partial charge on any atom is -0.398 e. The highest BCUT2D eigenvalue weighted by molar-refractivity contribution is 9.10. The number of aliphatic hydroxyl groups is 1. The lowest BCUT2D eigenvalue weighted by atomic mass is 10.0. The quantitative estimate of drug-likeness (QED) is 0.850. The molecule has 1 unspecified atom stereocenters. The number of anilines is 1. The molecule has 5 heteroatoms. The second-order valence-corrected chi connectivity index (χ2v) is 5.31. The number of pyridine rings is 1. The van der Waals surface area contributed by atoms with E-state index < -0.39 is 6.10 Å². The van der Waals surface area contributed by atoms with Gasteiger partial charge in [0.2, 0.25) is 0 Å². The van der Waals surface area contributed by atoms with E-state index in [0.717, 1.165) is 10.2 Å². The van der Waals surface area contributed by atoms with Crippen molar-refractivity contribution < 1.29 is 5.11 Å². The molecule has 3 nitrogen and oxygen atoms in total. The Bertz CT molecular complexity index is 545. The lowest BCUT2D eigenvalue weighted by molar-refractivity contribution is 0.178. The molecule has 1 aromatic heterocycles. The number of hydrogen-bond acceptors (Lipinski definition) is 3. The third-order valence-corrected chi connectivity index (χ3v) is 3.30. The minimum atomic E-state index is -0.684. The molecule has 0 aliphatic heterocycles. The summed E-state index contributed by atoms with van der Waals surface area (Å²) in [7, 11) is 0. The zero-order valence-electron chi connectivity index (χ0n) is 9.48. The minimum absolute atomic E-state index is 0.416. The summed E-state index contributed by atoms with van der Waals surface area (Å²) in [4.78, 5) is 4.22. The third kappa shape index (κ3) is 3.22. The highest BCUT2D eigenvalue weighted by Crippen LogP contribution is 2.26. The Kier molecular flexibility index (Phi) is 4.22. The predicted octanol–water partition coefficient (Wildman–Crippen LogP) is 3.36. The summed E-state index contributed by atoms with van der Waals surface area (Å²) in [5.41, 5.74) is 7.80. The first kappa shape index (κ1) is 13.3. The molecule has 0 saturated carbocycles. The largest absolute Gasteiger partial charge is 0.398 e. The SMILES string of the molecule is Nc1cc(Cl)ccc1C(O)Cc1ccc(Br)cn1. The molecule has 0 fully saturated rings. The predicted molar refractivity (Wildman–Crippen MR) is 76.5 cm³/mol. The summed E-state index contributed by atoms with van der Waals surface area (Å²) in [6, 6.07) is 8.83. The molecular weight excluding hydrogens is 316 g/mol. The van der Waals surface area contributed by atoms with Crippen LogP contribution in [0.15, 0.2) is 41.0 Å². The van der Waals surface area contributed by atoms with Crippen molar-refractivity contribution in [1.82, 2.24) is 4.98 Å². The Morgan fingerprint density at radius 1 is 1.33 bits per heavy atom. The molecule has 0 aliphatic rings. The van der Waals surface area contributed by atoms with Crippen LogP contribution >= 0.6 is 27.5 Å². The summed E-state index contributed by atoms with van der Waals surface area (Å²) in [6.45, 7) is 0. The van der Waals surface area contributed by atoms with Crippen LogP contribution in [-0.2, 0) is 6.42 Å². The second-order valence-electron chi connectivity index (χ2n) is 3.96. The fourth-order valence-electron chi connectivity index (χ4n) is 1.68. The van der Waals surface area contributed by atoms with Gasteiger partial charge in [0.15, 0.2) is 0 Å². The number of nitrogens with zero attached hydrogens (tertiary/aromatic N) is 1. The normalized spacial score (nSPS) is 12.4. The van der Waals surface area contributed by atoms with Crippen LogP contribution in [0.5, 0.6) is 0 Å². The first-order valence-electron chi connectivity index (χ1n) is 5.39. The molecule has 18 heavy (non-hydrogen) atoms. The van der Waals surface area contributed by atoms with Crippen LogP contribution in [-0.4, -0.2) is 10.1 Å². The van der Waals surface area contributed by atoms with Gasteiger partial charge >= 0.3 is 0 Å². The highest BCUT2D eigenvalue weighted by atomic mass is 79.9. The number of hydrogen-bond donors (Lipinski definition) is 2. The summed E-state index contributed by atoms with van der Waals surface area (Å²) in [5.74, 6) is 0. The molecule has 0 spiro atoms. The van der Waals surface area contributed by atoms with E-state index in [1.54, 1.807) is 24.4 Å². The van der Waals surface area contributed by atoms with E-state index in [1.165, 1.54) is 0 Å². The molecule has 1 heterocycles. The standard InChI is InChI=1S/C13H12BrClN2O/c14-8-1-3-10(17-7-8)6-13(18)11-4-2-9(15)5-12(11)16/h1-5,7,13,18H,6,16H2. The molecule has 1 aromatic carbocycles. The van der Waals surface area contributed by atoms with Gasteiger partial charge in [0.1, 0.15) is 0 Å². The van der Waals surface area contributed by atoms with Crippen LogP contribution in [0.1, 0.15) is 17.4 Å². The van der Waals surface area contributed by atoms with Gasteiger partial charge in [-0.1, -0.05) is 17.7 Å². The molecule has 0 saturated heterocycles. The summed E-state index contributed by atoms with van der Waals surface area (Å²) < 4.78 is 0.909. The first-order valence-corrected chi connectivity index (χ1v) is 6.57. The maximum Gasteiger partial charge on any atom is 0.0865 e. The van der Waals surface area contributed by atoms with Gasteiger partial charge in [-0.25, -0.2) is 0 Å². The van der Waals surface area contributed by atoms with Crippen molar-refractivity contribution in [2.75, 3.05) is 5.73 Å². The van der Waals surface area contributed by atoms with Gasteiger partial charge in [0, 0.05) is 39.1 Å². The molecule has 3 N–H and O–H groups in total. The molecule has 0 amide bonds. The molecular formula is C13H12BrClN2O. The van der Waals surface area contributed by atoms with Crippen molar-refractivity contribution >= 4 is 33.2 Å². The lowest BCUT2D eigenvalue weighted by Crippen LogP contribution is -2.06. The Morgan fingerprint density at radius 3 is 2.72 bits per heavy atom. The van der Waals surface area contributed by atoms with Gasteiger partial charge in [-0.15, -0.1) is 0 Å². The van der Waals surface area contributed by atoms with Crippen molar-refractivity contribution in [3.05, 3.63) is 57.3 Å². The van der Waals surface area contributed by atoms with Gasteiger partial charge in [-0.3, -0.25) is 4.98 Å². The number of aromatic nitrogens is 1. The molecule has 0 aliphatic carbocycles. The van der Waals surface area contributed by atoms with Crippen LogP contribution in [0.4, 0.5) is 5.69 Å². The van der Waals surface area contributed by atoms with Crippen LogP contribution in [0.2, 0.25) is 5.02 Å². The van der Waals surface area contributed by atoms with Gasteiger partial charge < -0.3 is 10.8 Å². The van der Waals surface area contributed by atoms with Gasteiger partial charge in [-0.05, 0) is 40.2 Å². The zero-order chi connectivity index (χ0) is 13.1. The molecule has 1 atom stereocenters. The van der Waals surface area contributed by atoms with Crippen molar-refractivity contribution in [1.29, 1.82) is 0 Å². The number of nitrogen functional groups attached to an aromatic ring is 1. The van der Waals surface area contributed by atoms with Crippen molar-refractivity contribution in [2.45, 2.75) is 12.5 Å². The van der Waals surface area contributed by atoms with E-state index in [4.69, 9.17) is 17.3 Å². The van der Waals surface area contributed by atoms with E-state index in [2.05, 4.69) is 20.9 Å². The number of rotatable bonds is 3. The molecule has 0 radical (unpaired) electrons. The number of benzene rings is 1. The smallest absolute Gasteiger partial charge is 0.0865 e. The average molecular weight is 328 g/mol. The average Bonchev–Trinajstić information content (AvgIpc) is 2.32. The lowest BCUT2D eigenvalue weighted by Gasteiger charge is -2.13. The van der Waals surface area contributed by atoms with E-state index in [1.807, 2.05) is 12.1 Å². The highest BCUT2D eigenvalue weighted by Gasteiger charge is 2.12. The Morgan fingerprint density at radius 2 is 2.11 bits per heavy atom. The topological polar surface area (TPSA) is 59.1 Å². The third-order valence-electron chi connectivity index (χ3n) is 2.60. The molecule has 2 rings (SSSR count). The number of halogens is 2. The Balaban J connectivity index is 2.16. The molecule has 94 valence electrons. The van der Waals surface area contributed by atoms with Crippen molar-refractivity contribution in [3.63, 3.8) is 0 Å². The summed E-state index contributed by atoms with van der Waals surface area (Å²) in [5, 5.41) is 10.7. The Labute approximate surface area is 119 Å². The van der Waals surface area contributed by atoms with Gasteiger partial charge in [-0.2, -0.15) is 0 Å². The second kappa shape index (κ2) is 5.69. The fourth-order valence-corrected chi connectivity index (χ4v) is 2.10. The number of nitrogens with two attached hydrogens (primary N) is 1. The van der Waals surface area contributed by atoms with E-state index in [-0.39, 0.29) is 0 Å². The fraction of sp³-hybridized carbons (Fsp3) is 0.154. The molecule has 2 aromatic rings. The van der Waals surface area contributed by atoms with Crippen LogP contribution < -0.4 is 5.73 Å². The maximum atomic E-state index is 10.1. The maximum absolute atomic E-state index is 10.1.